The highest BCUT2D eigenvalue weighted by atomic mass is 16.5. The Morgan fingerprint density at radius 1 is 1.32 bits per heavy atom. The number of nitrogen functional groups attached to an aromatic ring is 1. The Labute approximate surface area is 182 Å². The second-order valence-electron chi connectivity index (χ2n) is 8.00. The molecular formula is C22H32N8O. The summed E-state index contributed by atoms with van der Waals surface area (Å²) < 4.78 is 5.80. The maximum atomic E-state index is 7.81. The number of aromatic nitrogens is 1. The summed E-state index contributed by atoms with van der Waals surface area (Å²) in [6.45, 7) is 6.59. The summed E-state index contributed by atoms with van der Waals surface area (Å²) in [5.41, 5.74) is 20.4. The smallest absolute Gasteiger partial charge is 0.178 e. The van der Waals surface area contributed by atoms with Crippen LogP contribution in [0.5, 0.6) is 5.75 Å². The highest BCUT2D eigenvalue weighted by Crippen LogP contribution is 2.26. The van der Waals surface area contributed by atoms with Crippen LogP contribution < -0.4 is 21.9 Å². The van der Waals surface area contributed by atoms with Gasteiger partial charge in [-0.2, -0.15) is 0 Å². The maximum Gasteiger partial charge on any atom is 0.178 e. The second kappa shape index (κ2) is 10.2. The molecule has 9 heteroatoms. The molecule has 1 aliphatic rings. The lowest BCUT2D eigenvalue weighted by Gasteiger charge is -2.30. The minimum absolute atomic E-state index is 0.0201. The van der Waals surface area contributed by atoms with Crippen molar-refractivity contribution in [2.45, 2.75) is 45.4 Å². The molecule has 1 aliphatic heterocycles. The van der Waals surface area contributed by atoms with Gasteiger partial charge in [-0.3, -0.25) is 10.3 Å². The summed E-state index contributed by atoms with van der Waals surface area (Å²) in [7, 11) is 0. The van der Waals surface area contributed by atoms with E-state index in [-0.39, 0.29) is 18.0 Å². The fourth-order valence-corrected chi connectivity index (χ4v) is 3.58. The predicted molar refractivity (Wildman–Crippen MR) is 125 cm³/mol. The highest BCUT2D eigenvalue weighted by molar-refractivity contribution is 6.04. The highest BCUT2D eigenvalue weighted by Gasteiger charge is 2.19. The fourth-order valence-electron chi connectivity index (χ4n) is 3.58. The molecule has 1 aromatic heterocycles. The van der Waals surface area contributed by atoms with Crippen LogP contribution in [-0.4, -0.2) is 53.1 Å². The molecule has 2 aromatic rings. The van der Waals surface area contributed by atoms with E-state index in [2.05, 4.69) is 14.9 Å². The monoisotopic (exact) mass is 424 g/mol. The zero-order chi connectivity index (χ0) is 22.4. The number of benzene rings is 1. The lowest BCUT2D eigenvalue weighted by molar-refractivity contribution is 0.205. The van der Waals surface area contributed by atoms with Crippen LogP contribution in [0.2, 0.25) is 0 Å². The number of hydrogen-bond donors (Lipinski definition) is 5. The molecule has 2 heterocycles. The van der Waals surface area contributed by atoms with Crippen LogP contribution in [0.4, 0.5) is 5.69 Å². The Kier molecular flexibility index (Phi) is 7.43. The number of nitrogens with one attached hydrogen (secondary N) is 2. The van der Waals surface area contributed by atoms with Crippen molar-refractivity contribution in [2.24, 2.45) is 27.2 Å². The lowest BCUT2D eigenvalue weighted by atomic mass is 10.1. The third-order valence-corrected chi connectivity index (χ3v) is 5.09. The van der Waals surface area contributed by atoms with Crippen molar-refractivity contribution in [3.63, 3.8) is 0 Å². The predicted octanol–water partition coefficient (Wildman–Crippen LogP) is 2.07. The Morgan fingerprint density at radius 3 is 2.71 bits per heavy atom. The summed E-state index contributed by atoms with van der Waals surface area (Å²) >= 11 is 0. The van der Waals surface area contributed by atoms with E-state index >= 15 is 0 Å². The molecule has 0 spiro atoms. The van der Waals surface area contributed by atoms with E-state index in [0.29, 0.717) is 22.8 Å². The van der Waals surface area contributed by atoms with Crippen LogP contribution in [0, 0.1) is 5.41 Å². The van der Waals surface area contributed by atoms with Gasteiger partial charge in [0, 0.05) is 30.4 Å². The van der Waals surface area contributed by atoms with Crippen molar-refractivity contribution in [1.82, 2.24) is 9.88 Å². The number of nitrogens with two attached hydrogens (primary N) is 3. The molecule has 3 rings (SSSR count). The number of aromatic amines is 1. The van der Waals surface area contributed by atoms with E-state index in [1.54, 1.807) is 18.2 Å². The minimum Gasteiger partial charge on any atom is -0.491 e. The van der Waals surface area contributed by atoms with Crippen molar-refractivity contribution >= 4 is 23.7 Å². The average Bonchev–Trinajstić information content (AvgIpc) is 3.16. The third kappa shape index (κ3) is 6.16. The molecule has 9 nitrogen and oxygen atoms in total. The van der Waals surface area contributed by atoms with Gasteiger partial charge in [-0.25, -0.2) is 9.98 Å². The van der Waals surface area contributed by atoms with Crippen molar-refractivity contribution < 1.29 is 4.74 Å². The molecule has 0 saturated carbocycles. The van der Waals surface area contributed by atoms with E-state index in [1.165, 1.54) is 6.34 Å². The van der Waals surface area contributed by atoms with Gasteiger partial charge >= 0.3 is 0 Å². The number of H-pyrrole nitrogens is 1. The molecule has 1 fully saturated rings. The number of rotatable bonds is 7. The first-order chi connectivity index (χ1) is 14.9. The first-order valence-corrected chi connectivity index (χ1v) is 10.5. The van der Waals surface area contributed by atoms with E-state index in [0.717, 1.165) is 43.7 Å². The normalized spacial score (nSPS) is 16.3. The molecule has 0 unspecified atom stereocenters. The molecule has 0 amide bonds. The number of amidine groups is 2. The van der Waals surface area contributed by atoms with Gasteiger partial charge in [0.25, 0.3) is 0 Å². The second-order valence-corrected chi connectivity index (χ2v) is 8.00. The molecule has 8 N–H and O–H groups in total. The number of nitrogens with zero attached hydrogens (tertiary/aromatic N) is 3. The van der Waals surface area contributed by atoms with Crippen LogP contribution in [0.25, 0.3) is 0 Å². The van der Waals surface area contributed by atoms with Crippen LogP contribution in [0.3, 0.4) is 0 Å². The Balaban J connectivity index is 1.93. The standard InChI is InChI=1S/C22H32N8O/c1-14(2)31-19-10-16(21(25)26)9-18(11-19)29-22(28-13-23)20-15(3-6-27-20)12-30-7-4-17(24)5-8-30/h3,6,9-11,13-14,17,27H,4-5,7-8,12,24H2,1-2H3,(H3,25,26)(H2,23,28,29). The zero-order valence-electron chi connectivity index (χ0n) is 18.1. The van der Waals surface area contributed by atoms with E-state index in [1.807, 2.05) is 26.1 Å². The van der Waals surface area contributed by atoms with Gasteiger partial charge in [0.05, 0.1) is 23.8 Å². The quantitative estimate of drug-likeness (QED) is 0.340. The first kappa shape index (κ1) is 22.5. The number of hydrogen-bond acceptors (Lipinski definition) is 5. The third-order valence-electron chi connectivity index (χ3n) is 5.09. The Bertz CT molecular complexity index is 954. The molecule has 31 heavy (non-hydrogen) atoms. The van der Waals surface area contributed by atoms with Crippen molar-refractivity contribution in [3.8, 4) is 5.75 Å². The fraction of sp³-hybridized carbons (Fsp3) is 0.409. The largest absolute Gasteiger partial charge is 0.491 e. The number of ether oxygens (including phenoxy) is 1. The number of piperidine rings is 1. The molecule has 0 radical (unpaired) electrons. The molecule has 1 saturated heterocycles. The summed E-state index contributed by atoms with van der Waals surface area (Å²) in [5, 5.41) is 7.81. The van der Waals surface area contributed by atoms with E-state index < -0.39 is 0 Å². The maximum absolute atomic E-state index is 7.81. The average molecular weight is 425 g/mol. The van der Waals surface area contributed by atoms with Crippen LogP contribution in [0.1, 0.15) is 43.5 Å². The molecule has 0 aliphatic carbocycles. The summed E-state index contributed by atoms with van der Waals surface area (Å²) in [4.78, 5) is 14.6. The van der Waals surface area contributed by atoms with Gasteiger partial charge in [-0.05, 0) is 63.5 Å². The summed E-state index contributed by atoms with van der Waals surface area (Å²) in [5.74, 6) is 0.986. The van der Waals surface area contributed by atoms with E-state index in [4.69, 9.17) is 32.3 Å². The van der Waals surface area contributed by atoms with Crippen LogP contribution in [-0.2, 0) is 6.54 Å². The molecule has 0 bridgehead atoms. The summed E-state index contributed by atoms with van der Waals surface area (Å²) in [6, 6.07) is 7.58. The summed E-state index contributed by atoms with van der Waals surface area (Å²) in [6.07, 6.45) is 5.08. The van der Waals surface area contributed by atoms with Gasteiger partial charge in [0.2, 0.25) is 0 Å². The van der Waals surface area contributed by atoms with Crippen LogP contribution >= 0.6 is 0 Å². The van der Waals surface area contributed by atoms with Gasteiger partial charge in [-0.1, -0.05) is 0 Å². The number of aliphatic imine (C=N–C) groups is 2. The van der Waals surface area contributed by atoms with Gasteiger partial charge in [0.1, 0.15) is 11.6 Å². The van der Waals surface area contributed by atoms with E-state index in [9.17, 15) is 0 Å². The first-order valence-electron chi connectivity index (χ1n) is 10.5. The molecule has 0 atom stereocenters. The Hall–Kier alpha value is -3.17. The Morgan fingerprint density at radius 2 is 2.06 bits per heavy atom. The van der Waals surface area contributed by atoms with Crippen LogP contribution in [0.15, 0.2) is 40.4 Å². The zero-order valence-corrected chi connectivity index (χ0v) is 18.1. The van der Waals surface area contributed by atoms with Gasteiger partial charge < -0.3 is 26.9 Å². The van der Waals surface area contributed by atoms with Crippen molar-refractivity contribution in [1.29, 1.82) is 5.41 Å². The van der Waals surface area contributed by atoms with Gasteiger partial charge in [0.15, 0.2) is 5.84 Å². The molecule has 1 aromatic carbocycles. The number of likely N-dealkylation sites (tertiary alicyclic amines) is 1. The molecular weight excluding hydrogens is 392 g/mol. The minimum atomic E-state index is -0.0570. The van der Waals surface area contributed by atoms with Gasteiger partial charge in [-0.15, -0.1) is 0 Å². The SMILES string of the molecule is CC(C)Oc1cc(N=C(N=CN)c2[nH]ccc2CN2CCC(N)CC2)cc(C(=N)N)c1. The lowest BCUT2D eigenvalue weighted by Crippen LogP contribution is -2.39. The molecule has 166 valence electrons. The topological polar surface area (TPSA) is 155 Å². The van der Waals surface area contributed by atoms with Crippen molar-refractivity contribution in [2.75, 3.05) is 13.1 Å². The van der Waals surface area contributed by atoms with Crippen molar-refractivity contribution in [3.05, 3.63) is 47.3 Å².